The average molecular weight is 418 g/mol. The number of carbonyl (C=O) groups excluding carboxylic acids is 1. The van der Waals surface area contributed by atoms with Crippen LogP contribution in [0.4, 0.5) is 5.13 Å². The van der Waals surface area contributed by atoms with Gasteiger partial charge < -0.3 is 5.32 Å². The van der Waals surface area contributed by atoms with E-state index in [0.29, 0.717) is 10.8 Å². The maximum Gasteiger partial charge on any atom is 0.276 e. The van der Waals surface area contributed by atoms with E-state index in [1.165, 1.54) is 27.6 Å². The summed E-state index contributed by atoms with van der Waals surface area (Å²) in [5, 5.41) is 16.9. The van der Waals surface area contributed by atoms with Crippen molar-refractivity contribution in [2.24, 2.45) is 0 Å². The predicted molar refractivity (Wildman–Crippen MR) is 115 cm³/mol. The summed E-state index contributed by atoms with van der Waals surface area (Å²) in [5.74, 6) is -0.356. The van der Waals surface area contributed by atoms with Gasteiger partial charge in [0.05, 0.1) is 12.1 Å². The summed E-state index contributed by atoms with van der Waals surface area (Å²) >= 11 is 1.33. The molecular formula is C21H18N6O2S. The van der Waals surface area contributed by atoms with E-state index in [4.69, 9.17) is 5.26 Å². The minimum absolute atomic E-state index is 0.139. The minimum atomic E-state index is -0.399. The molecule has 2 N–H and O–H groups in total. The van der Waals surface area contributed by atoms with Gasteiger partial charge in [-0.3, -0.25) is 14.7 Å². The molecule has 0 aliphatic rings. The molecule has 0 atom stereocenters. The Morgan fingerprint density at radius 3 is 2.83 bits per heavy atom. The highest BCUT2D eigenvalue weighted by atomic mass is 32.1. The van der Waals surface area contributed by atoms with Crippen LogP contribution in [0.25, 0.3) is 16.9 Å². The quantitative estimate of drug-likeness (QED) is 0.528. The van der Waals surface area contributed by atoms with E-state index in [9.17, 15) is 9.59 Å². The molecule has 1 aromatic carbocycles. The van der Waals surface area contributed by atoms with Crippen LogP contribution < -0.4 is 10.9 Å². The molecule has 1 amide bonds. The van der Waals surface area contributed by atoms with Crippen molar-refractivity contribution in [1.82, 2.24) is 19.6 Å². The van der Waals surface area contributed by atoms with E-state index >= 15 is 0 Å². The van der Waals surface area contributed by atoms with Gasteiger partial charge in [0.15, 0.2) is 10.8 Å². The fraction of sp³-hybridized carbons (Fsp3) is 0.190. The van der Waals surface area contributed by atoms with Crippen molar-refractivity contribution in [3.05, 3.63) is 68.1 Å². The van der Waals surface area contributed by atoms with Crippen LogP contribution in [0.15, 0.2) is 34.6 Å². The van der Waals surface area contributed by atoms with Crippen LogP contribution in [0, 0.1) is 32.1 Å². The molecule has 0 saturated carbocycles. The molecule has 0 radical (unpaired) electrons. The molecule has 0 aliphatic carbocycles. The largest absolute Gasteiger partial charge is 0.302 e. The number of nitrogens with zero attached hydrogens (tertiary/aromatic N) is 4. The second-order valence-corrected chi connectivity index (χ2v) is 7.88. The first kappa shape index (κ1) is 19.5. The van der Waals surface area contributed by atoms with Crippen molar-refractivity contribution in [3.63, 3.8) is 0 Å². The molecule has 0 bridgehead atoms. The maximum absolute atomic E-state index is 12.7. The number of aromatic nitrogens is 4. The highest BCUT2D eigenvalue weighted by molar-refractivity contribution is 7.14. The Kier molecular flexibility index (Phi) is 4.93. The number of fused-ring (bicyclic) bond motifs is 1. The zero-order chi connectivity index (χ0) is 21.4. The third-order valence-electron chi connectivity index (χ3n) is 4.83. The Hall–Kier alpha value is -3.77. The number of hydrogen-bond acceptors (Lipinski definition) is 6. The molecule has 0 fully saturated rings. The lowest BCUT2D eigenvalue weighted by Gasteiger charge is -2.06. The van der Waals surface area contributed by atoms with Gasteiger partial charge in [0.25, 0.3) is 5.56 Å². The molecule has 9 heteroatoms. The summed E-state index contributed by atoms with van der Waals surface area (Å²) in [6.07, 6.45) is 1.27. The standard InChI is InChI=1S/C21H18N6O2S/c1-11-4-5-15(12(2)6-11)17-10-30-21(25-17)26-18(28)7-16-13(3)24-19-14(8-22)9-23-27(19)20(16)29/h4-6,9-10,23H,7H2,1-3H3,(H,25,26,28). The maximum atomic E-state index is 12.7. The summed E-state index contributed by atoms with van der Waals surface area (Å²) in [4.78, 5) is 34.1. The number of anilines is 1. The van der Waals surface area contributed by atoms with E-state index in [1.807, 2.05) is 37.4 Å². The molecular weight excluding hydrogens is 400 g/mol. The van der Waals surface area contributed by atoms with Crippen molar-refractivity contribution in [1.29, 1.82) is 5.26 Å². The van der Waals surface area contributed by atoms with E-state index in [-0.39, 0.29) is 29.1 Å². The molecule has 8 nitrogen and oxygen atoms in total. The lowest BCUT2D eigenvalue weighted by molar-refractivity contribution is -0.115. The number of thiazole rings is 1. The van der Waals surface area contributed by atoms with Crippen LogP contribution >= 0.6 is 11.3 Å². The minimum Gasteiger partial charge on any atom is -0.302 e. The van der Waals surface area contributed by atoms with Gasteiger partial charge in [-0.2, -0.15) is 5.26 Å². The number of nitrogens with one attached hydrogen (secondary N) is 2. The Morgan fingerprint density at radius 1 is 1.30 bits per heavy atom. The molecule has 0 unspecified atom stereocenters. The monoisotopic (exact) mass is 418 g/mol. The third kappa shape index (κ3) is 3.49. The van der Waals surface area contributed by atoms with Gasteiger partial charge in [-0.05, 0) is 26.3 Å². The molecule has 3 heterocycles. The Morgan fingerprint density at radius 2 is 2.10 bits per heavy atom. The van der Waals surface area contributed by atoms with Crippen molar-refractivity contribution >= 4 is 28.0 Å². The summed E-state index contributed by atoms with van der Waals surface area (Å²) in [6.45, 7) is 5.71. The van der Waals surface area contributed by atoms with Gasteiger partial charge >= 0.3 is 0 Å². The highest BCUT2D eigenvalue weighted by Crippen LogP contribution is 2.28. The number of hydrogen-bond donors (Lipinski definition) is 2. The zero-order valence-electron chi connectivity index (χ0n) is 16.6. The highest BCUT2D eigenvalue weighted by Gasteiger charge is 2.17. The topological polar surface area (TPSA) is 116 Å². The fourth-order valence-electron chi connectivity index (χ4n) is 3.32. The van der Waals surface area contributed by atoms with Gasteiger partial charge in [-0.1, -0.05) is 23.8 Å². The normalized spacial score (nSPS) is 10.9. The molecule has 4 aromatic rings. The summed E-state index contributed by atoms with van der Waals surface area (Å²) in [5.41, 5.74) is 4.91. The van der Waals surface area contributed by atoms with Crippen molar-refractivity contribution in [3.8, 4) is 17.3 Å². The van der Waals surface area contributed by atoms with Crippen LogP contribution in [0.3, 0.4) is 0 Å². The molecule has 30 heavy (non-hydrogen) atoms. The van der Waals surface area contributed by atoms with Crippen LogP contribution in [0.2, 0.25) is 0 Å². The Labute approximate surface area is 175 Å². The molecule has 4 rings (SSSR count). The third-order valence-corrected chi connectivity index (χ3v) is 5.59. The number of rotatable bonds is 4. The second-order valence-electron chi connectivity index (χ2n) is 7.02. The van der Waals surface area contributed by atoms with Gasteiger partial charge in [-0.25, -0.2) is 14.5 Å². The van der Waals surface area contributed by atoms with E-state index in [2.05, 4.69) is 26.4 Å². The molecule has 3 aromatic heterocycles. The van der Waals surface area contributed by atoms with Gasteiger partial charge in [-0.15, -0.1) is 11.3 Å². The first-order valence-electron chi connectivity index (χ1n) is 9.20. The summed E-state index contributed by atoms with van der Waals surface area (Å²) < 4.78 is 1.18. The second kappa shape index (κ2) is 7.57. The van der Waals surface area contributed by atoms with E-state index < -0.39 is 5.56 Å². The number of H-pyrrole nitrogens is 1. The number of benzene rings is 1. The van der Waals surface area contributed by atoms with Crippen LogP contribution in [-0.4, -0.2) is 25.5 Å². The number of aromatic amines is 1. The van der Waals surface area contributed by atoms with Crippen molar-refractivity contribution in [2.75, 3.05) is 5.32 Å². The fourth-order valence-corrected chi connectivity index (χ4v) is 4.05. The zero-order valence-corrected chi connectivity index (χ0v) is 17.4. The number of amides is 1. The Balaban J connectivity index is 1.55. The average Bonchev–Trinajstić information content (AvgIpc) is 3.32. The first-order chi connectivity index (χ1) is 14.4. The van der Waals surface area contributed by atoms with Crippen LogP contribution in [-0.2, 0) is 11.2 Å². The summed E-state index contributed by atoms with van der Waals surface area (Å²) in [6, 6.07) is 8.11. The number of nitriles is 1. The summed E-state index contributed by atoms with van der Waals surface area (Å²) in [7, 11) is 0. The van der Waals surface area contributed by atoms with Crippen molar-refractivity contribution < 1.29 is 4.79 Å². The SMILES string of the molecule is Cc1ccc(-c2csc(NC(=O)Cc3c(C)nc4c(C#N)c[nH]n4c3=O)n2)c(C)c1. The molecule has 0 aliphatic heterocycles. The van der Waals surface area contributed by atoms with Crippen LogP contribution in [0.5, 0.6) is 0 Å². The number of carbonyl (C=O) groups is 1. The van der Waals surface area contributed by atoms with Crippen LogP contribution in [0.1, 0.15) is 27.9 Å². The molecule has 150 valence electrons. The predicted octanol–water partition coefficient (Wildman–Crippen LogP) is 3.12. The van der Waals surface area contributed by atoms with Gasteiger partial charge in [0.2, 0.25) is 5.91 Å². The Bertz CT molecular complexity index is 1390. The first-order valence-corrected chi connectivity index (χ1v) is 10.1. The van der Waals surface area contributed by atoms with Gasteiger partial charge in [0, 0.05) is 28.4 Å². The molecule has 0 saturated heterocycles. The lowest BCUT2D eigenvalue weighted by atomic mass is 10.0. The van der Waals surface area contributed by atoms with Crippen molar-refractivity contribution in [2.45, 2.75) is 27.2 Å². The smallest absolute Gasteiger partial charge is 0.276 e. The molecule has 0 spiro atoms. The number of aryl methyl sites for hydroxylation is 3. The lowest BCUT2D eigenvalue weighted by Crippen LogP contribution is -2.26. The van der Waals surface area contributed by atoms with E-state index in [0.717, 1.165) is 16.8 Å². The van der Waals surface area contributed by atoms with E-state index in [1.54, 1.807) is 6.92 Å². The van der Waals surface area contributed by atoms with Gasteiger partial charge in [0.1, 0.15) is 11.6 Å².